The number of carbonyl (C=O) groups is 1. The third kappa shape index (κ3) is 1.69. The first-order chi connectivity index (χ1) is 6.79. The number of cyclic esters (lactones) is 1. The number of carbonyl (C=O) groups excluding carboxylic acids is 1. The van der Waals surface area contributed by atoms with Crippen LogP contribution >= 0.6 is 0 Å². The zero-order valence-corrected chi connectivity index (χ0v) is 8.07. The Morgan fingerprint density at radius 2 is 2.00 bits per heavy atom. The smallest absolute Gasteiger partial charge is 0.331 e. The fourth-order valence-corrected chi connectivity index (χ4v) is 1.49. The molecular formula is C12H12O2. The number of esters is 1. The van der Waals surface area contributed by atoms with E-state index in [-0.39, 0.29) is 12.1 Å². The zero-order chi connectivity index (χ0) is 9.97. The Morgan fingerprint density at radius 1 is 1.29 bits per heavy atom. The molecule has 2 rings (SSSR count). The number of aryl methyl sites for hydroxylation is 1. The van der Waals surface area contributed by atoms with Crippen molar-refractivity contribution in [2.75, 3.05) is 0 Å². The molecule has 0 amide bonds. The number of hydrogen-bond donors (Lipinski definition) is 0. The van der Waals surface area contributed by atoms with Gasteiger partial charge in [-0.3, -0.25) is 0 Å². The Bertz CT molecular complexity index is 362. The highest BCUT2D eigenvalue weighted by atomic mass is 16.5. The van der Waals surface area contributed by atoms with Crippen LogP contribution in [0.4, 0.5) is 0 Å². The molecule has 0 fully saturated rings. The normalized spacial score (nSPS) is 19.8. The topological polar surface area (TPSA) is 26.3 Å². The van der Waals surface area contributed by atoms with E-state index in [1.165, 1.54) is 11.6 Å². The molecular weight excluding hydrogens is 176 g/mol. The molecule has 1 aromatic rings. The number of benzene rings is 1. The molecule has 2 nitrogen and oxygen atoms in total. The van der Waals surface area contributed by atoms with E-state index in [0.29, 0.717) is 0 Å². The first kappa shape index (κ1) is 9.00. The second kappa shape index (κ2) is 3.66. The van der Waals surface area contributed by atoms with Crippen LogP contribution < -0.4 is 0 Å². The van der Waals surface area contributed by atoms with Crippen LogP contribution in [0.15, 0.2) is 36.4 Å². The average molecular weight is 188 g/mol. The summed E-state index contributed by atoms with van der Waals surface area (Å²) in [7, 11) is 0. The van der Waals surface area contributed by atoms with Gasteiger partial charge in [-0.25, -0.2) is 4.79 Å². The Hall–Kier alpha value is -1.57. The minimum Gasteiger partial charge on any atom is -0.450 e. The molecule has 2 heteroatoms. The van der Waals surface area contributed by atoms with Crippen LogP contribution in [0.25, 0.3) is 0 Å². The fraction of sp³-hybridized carbons (Fsp3) is 0.250. The van der Waals surface area contributed by atoms with E-state index in [2.05, 4.69) is 19.1 Å². The average Bonchev–Trinajstić information content (AvgIpc) is 2.65. The summed E-state index contributed by atoms with van der Waals surface area (Å²) < 4.78 is 5.07. The van der Waals surface area contributed by atoms with Crippen LogP contribution in [0.3, 0.4) is 0 Å². The minimum atomic E-state index is -0.255. The van der Waals surface area contributed by atoms with E-state index in [4.69, 9.17) is 4.74 Å². The summed E-state index contributed by atoms with van der Waals surface area (Å²) in [4.78, 5) is 10.8. The summed E-state index contributed by atoms with van der Waals surface area (Å²) in [5.41, 5.74) is 2.33. The van der Waals surface area contributed by atoms with Crippen molar-refractivity contribution < 1.29 is 9.53 Å². The Morgan fingerprint density at radius 3 is 2.50 bits per heavy atom. The maximum Gasteiger partial charge on any atom is 0.331 e. The summed E-state index contributed by atoms with van der Waals surface area (Å²) in [6, 6.07) is 8.14. The first-order valence-electron chi connectivity index (χ1n) is 4.77. The van der Waals surface area contributed by atoms with Crippen molar-refractivity contribution in [3.63, 3.8) is 0 Å². The highest BCUT2D eigenvalue weighted by Crippen LogP contribution is 2.23. The number of rotatable bonds is 2. The van der Waals surface area contributed by atoms with E-state index in [9.17, 15) is 4.79 Å². The van der Waals surface area contributed by atoms with Crippen LogP contribution in [0.1, 0.15) is 24.2 Å². The predicted octanol–water partition coefficient (Wildman–Crippen LogP) is 2.40. The van der Waals surface area contributed by atoms with Gasteiger partial charge in [-0.05, 0) is 23.6 Å². The van der Waals surface area contributed by atoms with E-state index in [0.717, 1.165) is 12.0 Å². The maximum atomic E-state index is 10.8. The maximum absolute atomic E-state index is 10.8. The minimum absolute atomic E-state index is 0.187. The Balaban J connectivity index is 2.17. The summed E-state index contributed by atoms with van der Waals surface area (Å²) in [5, 5.41) is 0. The van der Waals surface area contributed by atoms with Gasteiger partial charge >= 0.3 is 5.97 Å². The highest BCUT2D eigenvalue weighted by molar-refractivity contribution is 5.84. The van der Waals surface area contributed by atoms with Gasteiger partial charge in [0.1, 0.15) is 6.10 Å². The predicted molar refractivity (Wildman–Crippen MR) is 53.8 cm³/mol. The van der Waals surface area contributed by atoms with Crippen molar-refractivity contribution in [1.29, 1.82) is 0 Å². The zero-order valence-electron chi connectivity index (χ0n) is 8.07. The van der Waals surface area contributed by atoms with Gasteiger partial charge in [0, 0.05) is 6.08 Å². The summed E-state index contributed by atoms with van der Waals surface area (Å²) >= 11 is 0. The Kier molecular flexibility index (Phi) is 2.35. The summed E-state index contributed by atoms with van der Waals surface area (Å²) in [5.74, 6) is -0.255. The molecule has 1 atom stereocenters. The SMILES string of the molecule is CCc1ccc(C2C=CC(=O)O2)cc1. The molecule has 0 aliphatic carbocycles. The van der Waals surface area contributed by atoms with Crippen molar-refractivity contribution >= 4 is 5.97 Å². The van der Waals surface area contributed by atoms with Gasteiger partial charge in [-0.15, -0.1) is 0 Å². The molecule has 0 saturated carbocycles. The summed E-state index contributed by atoms with van der Waals surface area (Å²) in [6.45, 7) is 2.12. The second-order valence-corrected chi connectivity index (χ2v) is 3.31. The van der Waals surface area contributed by atoms with Crippen LogP contribution in [-0.4, -0.2) is 5.97 Å². The molecule has 72 valence electrons. The number of hydrogen-bond acceptors (Lipinski definition) is 2. The van der Waals surface area contributed by atoms with Gasteiger partial charge in [0.05, 0.1) is 0 Å². The molecule has 1 aromatic carbocycles. The fourth-order valence-electron chi connectivity index (χ4n) is 1.49. The molecule has 0 N–H and O–H groups in total. The van der Waals surface area contributed by atoms with Gasteiger partial charge in [0.25, 0.3) is 0 Å². The third-order valence-corrected chi connectivity index (χ3v) is 2.37. The lowest BCUT2D eigenvalue weighted by Crippen LogP contribution is -1.99. The molecule has 1 aliphatic heterocycles. The summed E-state index contributed by atoms with van der Waals surface area (Å²) in [6.07, 6.45) is 4.09. The highest BCUT2D eigenvalue weighted by Gasteiger charge is 2.17. The second-order valence-electron chi connectivity index (χ2n) is 3.31. The first-order valence-corrected chi connectivity index (χ1v) is 4.77. The van der Waals surface area contributed by atoms with Crippen LogP contribution in [-0.2, 0) is 16.0 Å². The van der Waals surface area contributed by atoms with Crippen LogP contribution in [0, 0.1) is 0 Å². The van der Waals surface area contributed by atoms with Crippen molar-refractivity contribution in [2.45, 2.75) is 19.4 Å². The molecule has 1 aliphatic rings. The van der Waals surface area contributed by atoms with E-state index in [1.807, 2.05) is 12.1 Å². The molecule has 14 heavy (non-hydrogen) atoms. The lowest BCUT2D eigenvalue weighted by molar-refractivity contribution is -0.138. The van der Waals surface area contributed by atoms with Gasteiger partial charge < -0.3 is 4.74 Å². The molecule has 0 saturated heterocycles. The Labute approximate surface area is 83.2 Å². The van der Waals surface area contributed by atoms with Crippen molar-refractivity contribution in [1.82, 2.24) is 0 Å². The van der Waals surface area contributed by atoms with Crippen LogP contribution in [0.5, 0.6) is 0 Å². The molecule has 0 aromatic heterocycles. The third-order valence-electron chi connectivity index (χ3n) is 2.37. The van der Waals surface area contributed by atoms with E-state index < -0.39 is 0 Å². The monoisotopic (exact) mass is 188 g/mol. The quantitative estimate of drug-likeness (QED) is 0.666. The molecule has 0 radical (unpaired) electrons. The van der Waals surface area contributed by atoms with E-state index >= 15 is 0 Å². The number of ether oxygens (including phenoxy) is 1. The lowest BCUT2D eigenvalue weighted by atomic mass is 10.1. The molecule has 0 bridgehead atoms. The van der Waals surface area contributed by atoms with Gasteiger partial charge in [-0.1, -0.05) is 31.2 Å². The van der Waals surface area contributed by atoms with Crippen molar-refractivity contribution in [2.24, 2.45) is 0 Å². The standard InChI is InChI=1S/C12H12O2/c1-2-9-3-5-10(6-4-9)11-7-8-12(13)14-11/h3-8,11H,2H2,1H3. The molecule has 1 heterocycles. The van der Waals surface area contributed by atoms with Gasteiger partial charge in [0.2, 0.25) is 0 Å². The lowest BCUT2D eigenvalue weighted by Gasteiger charge is -2.08. The van der Waals surface area contributed by atoms with Crippen molar-refractivity contribution in [3.8, 4) is 0 Å². The van der Waals surface area contributed by atoms with E-state index in [1.54, 1.807) is 6.08 Å². The molecule has 0 spiro atoms. The van der Waals surface area contributed by atoms with Gasteiger partial charge in [-0.2, -0.15) is 0 Å². The van der Waals surface area contributed by atoms with Gasteiger partial charge in [0.15, 0.2) is 0 Å². The van der Waals surface area contributed by atoms with Crippen LogP contribution in [0.2, 0.25) is 0 Å². The largest absolute Gasteiger partial charge is 0.450 e. The van der Waals surface area contributed by atoms with Crippen molar-refractivity contribution in [3.05, 3.63) is 47.5 Å². The molecule has 1 unspecified atom stereocenters.